The number of nitrogens with zero attached hydrogens (tertiary/aromatic N) is 2. The van der Waals surface area contributed by atoms with Crippen molar-refractivity contribution in [2.75, 3.05) is 19.0 Å². The standard InChI is InChI=1S/C10H16N2/c1-5-9-6-8(2)7-10(11-9)12(3)4/h6-7H,5H2,1-4H3. The molecule has 0 aliphatic rings. The normalized spacial score (nSPS) is 10.0. The van der Waals surface area contributed by atoms with Gasteiger partial charge < -0.3 is 4.90 Å². The lowest BCUT2D eigenvalue weighted by molar-refractivity contribution is 0.981. The first-order valence-electron chi connectivity index (χ1n) is 4.28. The Hall–Kier alpha value is -1.05. The quantitative estimate of drug-likeness (QED) is 0.664. The van der Waals surface area contributed by atoms with Gasteiger partial charge in [-0.25, -0.2) is 4.98 Å². The second-order valence-corrected chi connectivity index (χ2v) is 3.24. The maximum Gasteiger partial charge on any atom is 0.128 e. The maximum absolute atomic E-state index is 4.48. The van der Waals surface area contributed by atoms with E-state index in [1.807, 2.05) is 19.0 Å². The summed E-state index contributed by atoms with van der Waals surface area (Å²) in [6, 6.07) is 4.23. The van der Waals surface area contributed by atoms with Crippen LogP contribution in [0, 0.1) is 6.92 Å². The molecule has 1 aromatic heterocycles. The topological polar surface area (TPSA) is 16.1 Å². The first-order chi connectivity index (χ1) is 5.63. The zero-order chi connectivity index (χ0) is 9.14. The Morgan fingerprint density at radius 2 is 2.00 bits per heavy atom. The lowest BCUT2D eigenvalue weighted by Gasteiger charge is -2.12. The fourth-order valence-electron chi connectivity index (χ4n) is 1.13. The van der Waals surface area contributed by atoms with Crippen LogP contribution in [0.25, 0.3) is 0 Å². The van der Waals surface area contributed by atoms with E-state index in [-0.39, 0.29) is 0 Å². The van der Waals surface area contributed by atoms with E-state index in [1.165, 1.54) is 11.3 Å². The molecule has 2 heteroatoms. The number of hydrogen-bond donors (Lipinski definition) is 0. The van der Waals surface area contributed by atoms with Crippen LogP contribution in [0.3, 0.4) is 0 Å². The monoisotopic (exact) mass is 164 g/mol. The molecule has 12 heavy (non-hydrogen) atoms. The van der Waals surface area contributed by atoms with Gasteiger partial charge in [0.15, 0.2) is 0 Å². The summed E-state index contributed by atoms with van der Waals surface area (Å²) in [4.78, 5) is 6.51. The van der Waals surface area contributed by atoms with Crippen LogP contribution in [-0.2, 0) is 6.42 Å². The fourth-order valence-corrected chi connectivity index (χ4v) is 1.13. The Bertz CT molecular complexity index is 267. The maximum atomic E-state index is 4.48. The molecule has 0 spiro atoms. The van der Waals surface area contributed by atoms with Crippen molar-refractivity contribution in [1.29, 1.82) is 0 Å². The van der Waals surface area contributed by atoms with Gasteiger partial charge in [-0.1, -0.05) is 6.92 Å². The van der Waals surface area contributed by atoms with Crippen LogP contribution in [0.2, 0.25) is 0 Å². The molecule has 2 nitrogen and oxygen atoms in total. The van der Waals surface area contributed by atoms with Gasteiger partial charge in [0.05, 0.1) is 0 Å². The van der Waals surface area contributed by atoms with Gasteiger partial charge in [-0.15, -0.1) is 0 Å². The van der Waals surface area contributed by atoms with E-state index in [0.29, 0.717) is 0 Å². The number of rotatable bonds is 2. The molecule has 0 unspecified atom stereocenters. The molecule has 0 atom stereocenters. The van der Waals surface area contributed by atoms with Crippen molar-refractivity contribution in [1.82, 2.24) is 4.98 Å². The van der Waals surface area contributed by atoms with Crippen molar-refractivity contribution < 1.29 is 0 Å². The Labute approximate surface area is 74.2 Å². The van der Waals surface area contributed by atoms with Crippen molar-refractivity contribution in [2.24, 2.45) is 0 Å². The summed E-state index contributed by atoms with van der Waals surface area (Å²) < 4.78 is 0. The van der Waals surface area contributed by atoms with Crippen LogP contribution in [-0.4, -0.2) is 19.1 Å². The Kier molecular flexibility index (Phi) is 2.69. The van der Waals surface area contributed by atoms with E-state index in [9.17, 15) is 0 Å². The predicted octanol–water partition coefficient (Wildman–Crippen LogP) is 2.02. The third kappa shape index (κ3) is 1.97. The third-order valence-electron chi connectivity index (χ3n) is 1.83. The van der Waals surface area contributed by atoms with E-state index in [4.69, 9.17) is 0 Å². The van der Waals surface area contributed by atoms with Crippen LogP contribution < -0.4 is 4.90 Å². The highest BCUT2D eigenvalue weighted by Gasteiger charge is 1.99. The molecule has 66 valence electrons. The zero-order valence-corrected chi connectivity index (χ0v) is 8.26. The van der Waals surface area contributed by atoms with E-state index in [2.05, 4.69) is 31.0 Å². The molecule has 0 saturated heterocycles. The van der Waals surface area contributed by atoms with E-state index >= 15 is 0 Å². The highest BCUT2D eigenvalue weighted by Crippen LogP contribution is 2.12. The zero-order valence-electron chi connectivity index (χ0n) is 8.26. The van der Waals surface area contributed by atoms with Crippen LogP contribution in [0.4, 0.5) is 5.82 Å². The lowest BCUT2D eigenvalue weighted by Crippen LogP contribution is -2.11. The van der Waals surface area contributed by atoms with Gasteiger partial charge in [-0.3, -0.25) is 0 Å². The van der Waals surface area contributed by atoms with E-state index in [0.717, 1.165) is 12.2 Å². The molecule has 0 fully saturated rings. The highest BCUT2D eigenvalue weighted by molar-refractivity contribution is 5.40. The molecular formula is C10H16N2. The van der Waals surface area contributed by atoms with Crippen LogP contribution in [0.1, 0.15) is 18.2 Å². The fraction of sp³-hybridized carbons (Fsp3) is 0.500. The molecule has 0 N–H and O–H groups in total. The summed E-state index contributed by atoms with van der Waals surface area (Å²) >= 11 is 0. The SMILES string of the molecule is CCc1cc(C)cc(N(C)C)n1. The predicted molar refractivity (Wildman–Crippen MR) is 52.7 cm³/mol. The summed E-state index contributed by atoms with van der Waals surface area (Å²) in [6.07, 6.45) is 1.00. The summed E-state index contributed by atoms with van der Waals surface area (Å²) in [6.45, 7) is 4.23. The smallest absolute Gasteiger partial charge is 0.128 e. The molecule has 0 aliphatic carbocycles. The Morgan fingerprint density at radius 3 is 2.50 bits per heavy atom. The molecule has 1 aromatic rings. The second-order valence-electron chi connectivity index (χ2n) is 3.24. The van der Waals surface area contributed by atoms with Crippen molar-refractivity contribution in [3.8, 4) is 0 Å². The molecular weight excluding hydrogens is 148 g/mol. The average molecular weight is 164 g/mol. The van der Waals surface area contributed by atoms with Crippen LogP contribution in [0.15, 0.2) is 12.1 Å². The van der Waals surface area contributed by atoms with Crippen molar-refractivity contribution >= 4 is 5.82 Å². The van der Waals surface area contributed by atoms with Crippen molar-refractivity contribution in [3.63, 3.8) is 0 Å². The molecule has 1 heterocycles. The van der Waals surface area contributed by atoms with Gasteiger partial charge in [0.1, 0.15) is 5.82 Å². The number of pyridine rings is 1. The van der Waals surface area contributed by atoms with E-state index in [1.54, 1.807) is 0 Å². The van der Waals surface area contributed by atoms with Gasteiger partial charge >= 0.3 is 0 Å². The number of anilines is 1. The first-order valence-corrected chi connectivity index (χ1v) is 4.28. The minimum atomic E-state index is 1.00. The number of hydrogen-bond acceptors (Lipinski definition) is 2. The van der Waals surface area contributed by atoms with Gasteiger partial charge in [-0.2, -0.15) is 0 Å². The van der Waals surface area contributed by atoms with Crippen molar-refractivity contribution in [3.05, 3.63) is 23.4 Å². The summed E-state index contributed by atoms with van der Waals surface area (Å²) in [5.41, 5.74) is 2.45. The van der Waals surface area contributed by atoms with Gasteiger partial charge in [0, 0.05) is 19.8 Å². The average Bonchev–Trinajstić information content (AvgIpc) is 2.03. The molecule has 0 aliphatic heterocycles. The number of aryl methyl sites for hydroxylation is 2. The second kappa shape index (κ2) is 3.57. The van der Waals surface area contributed by atoms with E-state index < -0.39 is 0 Å². The minimum absolute atomic E-state index is 1.00. The molecule has 0 bridgehead atoms. The number of aromatic nitrogens is 1. The first kappa shape index (κ1) is 9.04. The third-order valence-corrected chi connectivity index (χ3v) is 1.83. The molecule has 0 saturated carbocycles. The molecule has 1 rings (SSSR count). The Morgan fingerprint density at radius 1 is 1.33 bits per heavy atom. The van der Waals surface area contributed by atoms with Crippen LogP contribution >= 0.6 is 0 Å². The van der Waals surface area contributed by atoms with Gasteiger partial charge in [-0.05, 0) is 31.0 Å². The lowest BCUT2D eigenvalue weighted by atomic mass is 10.2. The van der Waals surface area contributed by atoms with Gasteiger partial charge in [0.25, 0.3) is 0 Å². The van der Waals surface area contributed by atoms with Gasteiger partial charge in [0.2, 0.25) is 0 Å². The molecule has 0 radical (unpaired) electrons. The molecule has 0 aromatic carbocycles. The summed E-state index contributed by atoms with van der Waals surface area (Å²) in [7, 11) is 4.03. The largest absolute Gasteiger partial charge is 0.363 e. The Balaban J connectivity index is 3.06. The summed E-state index contributed by atoms with van der Waals surface area (Å²) in [5, 5.41) is 0. The minimum Gasteiger partial charge on any atom is -0.363 e. The van der Waals surface area contributed by atoms with Crippen molar-refractivity contribution in [2.45, 2.75) is 20.3 Å². The van der Waals surface area contributed by atoms with Crippen LogP contribution in [0.5, 0.6) is 0 Å². The summed E-state index contributed by atoms with van der Waals surface area (Å²) in [5.74, 6) is 1.05. The molecule has 0 amide bonds. The highest BCUT2D eigenvalue weighted by atomic mass is 15.1.